The summed E-state index contributed by atoms with van der Waals surface area (Å²) >= 11 is 0. The first kappa shape index (κ1) is 10.4. The molecule has 0 aromatic carbocycles. The summed E-state index contributed by atoms with van der Waals surface area (Å²) in [5, 5.41) is 0. The normalized spacial score (nSPS) is 36.4. The van der Waals surface area contributed by atoms with E-state index in [9.17, 15) is 0 Å². The highest BCUT2D eigenvalue weighted by atomic mass is 15.3. The molecule has 1 saturated heterocycles. The van der Waals surface area contributed by atoms with Crippen molar-refractivity contribution in [2.45, 2.75) is 64.1 Å². The Bertz CT molecular complexity index is 216. The molecule has 2 rings (SSSR count). The second-order valence-electron chi connectivity index (χ2n) is 5.97. The van der Waals surface area contributed by atoms with Crippen molar-refractivity contribution >= 4 is 0 Å². The van der Waals surface area contributed by atoms with E-state index in [-0.39, 0.29) is 6.17 Å². The highest BCUT2D eigenvalue weighted by Gasteiger charge is 2.52. The van der Waals surface area contributed by atoms with Gasteiger partial charge < -0.3 is 5.73 Å². The van der Waals surface area contributed by atoms with Crippen LogP contribution in [0.2, 0.25) is 0 Å². The number of nitrogens with two attached hydrogens (primary N) is 1. The molecule has 1 unspecified atom stereocenters. The van der Waals surface area contributed by atoms with Crippen LogP contribution >= 0.6 is 0 Å². The van der Waals surface area contributed by atoms with Crippen LogP contribution in [-0.4, -0.2) is 23.7 Å². The van der Waals surface area contributed by atoms with Crippen LogP contribution in [0.5, 0.6) is 0 Å². The molecular formula is C12H24N2. The fourth-order valence-corrected chi connectivity index (χ4v) is 3.61. The molecule has 2 fully saturated rings. The number of rotatable bonds is 0. The average Bonchev–Trinajstić information content (AvgIpc) is 2.29. The van der Waals surface area contributed by atoms with Crippen molar-refractivity contribution in [2.24, 2.45) is 11.1 Å². The quantitative estimate of drug-likeness (QED) is 0.644. The molecule has 14 heavy (non-hydrogen) atoms. The molecule has 1 saturated carbocycles. The molecule has 1 spiro atoms. The minimum atomic E-state index is 0.290. The van der Waals surface area contributed by atoms with E-state index in [0.717, 1.165) is 0 Å². The molecule has 1 atom stereocenters. The number of hydrogen-bond donors (Lipinski definition) is 1. The molecular weight excluding hydrogens is 172 g/mol. The Balaban J connectivity index is 2.21. The predicted molar refractivity (Wildman–Crippen MR) is 60.0 cm³/mol. The summed E-state index contributed by atoms with van der Waals surface area (Å²) in [6.45, 7) is 4.66. The van der Waals surface area contributed by atoms with Crippen molar-refractivity contribution in [1.29, 1.82) is 0 Å². The van der Waals surface area contributed by atoms with Crippen LogP contribution in [-0.2, 0) is 0 Å². The molecule has 0 amide bonds. The fourth-order valence-electron chi connectivity index (χ4n) is 3.61. The van der Waals surface area contributed by atoms with E-state index in [1.54, 1.807) is 0 Å². The first-order valence-corrected chi connectivity index (χ1v) is 5.97. The second-order valence-corrected chi connectivity index (χ2v) is 5.97. The zero-order chi connectivity index (χ0) is 10.4. The van der Waals surface area contributed by atoms with Gasteiger partial charge in [-0.25, -0.2) is 0 Å². The Morgan fingerprint density at radius 3 is 2.14 bits per heavy atom. The summed E-state index contributed by atoms with van der Waals surface area (Å²) in [5.74, 6) is 0. The van der Waals surface area contributed by atoms with Crippen LogP contribution in [0.4, 0.5) is 0 Å². The minimum absolute atomic E-state index is 0.290. The van der Waals surface area contributed by atoms with Crippen molar-refractivity contribution < 1.29 is 0 Å². The summed E-state index contributed by atoms with van der Waals surface area (Å²) in [6.07, 6.45) is 8.47. The molecule has 0 aromatic rings. The van der Waals surface area contributed by atoms with Crippen LogP contribution in [0.3, 0.4) is 0 Å². The molecule has 0 radical (unpaired) electrons. The van der Waals surface area contributed by atoms with Crippen LogP contribution in [0.15, 0.2) is 0 Å². The zero-order valence-electron chi connectivity index (χ0n) is 9.84. The molecule has 1 heterocycles. The molecule has 1 aliphatic heterocycles. The molecule has 2 aliphatic rings. The Morgan fingerprint density at radius 1 is 1.14 bits per heavy atom. The lowest BCUT2D eigenvalue weighted by molar-refractivity contribution is 0.114. The van der Waals surface area contributed by atoms with Crippen molar-refractivity contribution in [3.05, 3.63) is 0 Å². The van der Waals surface area contributed by atoms with E-state index >= 15 is 0 Å². The lowest BCUT2D eigenvalue weighted by Crippen LogP contribution is -2.48. The Morgan fingerprint density at radius 2 is 1.71 bits per heavy atom. The predicted octanol–water partition coefficient (Wildman–Crippen LogP) is 2.34. The van der Waals surface area contributed by atoms with Crippen LogP contribution in [0, 0.1) is 5.41 Å². The van der Waals surface area contributed by atoms with Crippen molar-refractivity contribution in [2.75, 3.05) is 7.05 Å². The van der Waals surface area contributed by atoms with Gasteiger partial charge in [0.1, 0.15) is 0 Å². The summed E-state index contributed by atoms with van der Waals surface area (Å²) in [6, 6.07) is 0. The molecule has 1 aliphatic carbocycles. The Labute approximate surface area is 87.8 Å². The fraction of sp³-hybridized carbons (Fsp3) is 1.00. The van der Waals surface area contributed by atoms with Gasteiger partial charge in [0.15, 0.2) is 0 Å². The van der Waals surface area contributed by atoms with Crippen molar-refractivity contribution in [3.8, 4) is 0 Å². The highest BCUT2D eigenvalue weighted by molar-refractivity contribution is 5.05. The number of likely N-dealkylation sites (tertiary alicyclic amines) is 1. The van der Waals surface area contributed by atoms with Gasteiger partial charge in [0.05, 0.1) is 6.17 Å². The van der Waals surface area contributed by atoms with Gasteiger partial charge in [-0.3, -0.25) is 4.90 Å². The van der Waals surface area contributed by atoms with Gasteiger partial charge in [0.25, 0.3) is 0 Å². The first-order valence-electron chi connectivity index (χ1n) is 5.97. The smallest absolute Gasteiger partial charge is 0.0632 e. The van der Waals surface area contributed by atoms with E-state index in [1.165, 1.54) is 38.5 Å². The monoisotopic (exact) mass is 196 g/mol. The Hall–Kier alpha value is -0.0800. The van der Waals surface area contributed by atoms with Gasteiger partial charge in [-0.15, -0.1) is 0 Å². The van der Waals surface area contributed by atoms with Gasteiger partial charge in [0, 0.05) is 11.0 Å². The topological polar surface area (TPSA) is 29.3 Å². The molecule has 82 valence electrons. The molecule has 2 heteroatoms. The van der Waals surface area contributed by atoms with Gasteiger partial charge in [-0.2, -0.15) is 0 Å². The summed E-state index contributed by atoms with van der Waals surface area (Å²) in [5.41, 5.74) is 7.13. The SMILES string of the molecule is CN1C(N)C2(CCCCC2)CC1(C)C. The summed E-state index contributed by atoms with van der Waals surface area (Å²) in [4.78, 5) is 2.39. The second kappa shape index (κ2) is 3.21. The molecule has 2 nitrogen and oxygen atoms in total. The lowest BCUT2D eigenvalue weighted by atomic mass is 9.69. The standard InChI is InChI=1S/C12H24N2/c1-11(2)9-12(10(13)14(11)3)7-5-4-6-8-12/h10H,4-9,13H2,1-3H3. The number of hydrogen-bond acceptors (Lipinski definition) is 2. The van der Waals surface area contributed by atoms with Gasteiger partial charge >= 0.3 is 0 Å². The summed E-state index contributed by atoms with van der Waals surface area (Å²) < 4.78 is 0. The third-order valence-electron chi connectivity index (χ3n) is 4.63. The summed E-state index contributed by atoms with van der Waals surface area (Å²) in [7, 11) is 2.19. The van der Waals surface area contributed by atoms with E-state index < -0.39 is 0 Å². The first-order chi connectivity index (χ1) is 6.48. The van der Waals surface area contributed by atoms with E-state index in [2.05, 4.69) is 25.8 Å². The maximum atomic E-state index is 6.39. The van der Waals surface area contributed by atoms with Crippen LogP contribution < -0.4 is 5.73 Å². The minimum Gasteiger partial charge on any atom is -0.315 e. The third-order valence-corrected chi connectivity index (χ3v) is 4.63. The molecule has 0 aromatic heterocycles. The largest absolute Gasteiger partial charge is 0.315 e. The van der Waals surface area contributed by atoms with Crippen molar-refractivity contribution in [1.82, 2.24) is 4.90 Å². The lowest BCUT2D eigenvalue weighted by Gasteiger charge is -2.38. The van der Waals surface area contributed by atoms with Crippen LogP contribution in [0.1, 0.15) is 52.4 Å². The Kier molecular flexibility index (Phi) is 2.39. The van der Waals surface area contributed by atoms with Gasteiger partial charge in [-0.05, 0) is 40.2 Å². The molecule has 2 N–H and O–H groups in total. The van der Waals surface area contributed by atoms with Gasteiger partial charge in [0.2, 0.25) is 0 Å². The van der Waals surface area contributed by atoms with E-state index in [1.807, 2.05) is 0 Å². The van der Waals surface area contributed by atoms with E-state index in [0.29, 0.717) is 11.0 Å². The van der Waals surface area contributed by atoms with Gasteiger partial charge in [-0.1, -0.05) is 19.3 Å². The highest BCUT2D eigenvalue weighted by Crippen LogP contribution is 2.51. The van der Waals surface area contributed by atoms with Crippen LogP contribution in [0.25, 0.3) is 0 Å². The third kappa shape index (κ3) is 1.40. The van der Waals surface area contributed by atoms with E-state index in [4.69, 9.17) is 5.73 Å². The maximum absolute atomic E-state index is 6.39. The molecule has 0 bridgehead atoms. The maximum Gasteiger partial charge on any atom is 0.0632 e. The average molecular weight is 196 g/mol. The number of nitrogens with zero attached hydrogens (tertiary/aromatic N) is 1. The van der Waals surface area contributed by atoms with Crippen molar-refractivity contribution in [3.63, 3.8) is 0 Å². The zero-order valence-corrected chi connectivity index (χ0v) is 9.84.